The normalized spacial score (nSPS) is 22.7. The molecule has 0 aromatic heterocycles. The Labute approximate surface area is 301 Å². The Morgan fingerprint density at radius 1 is 0.961 bits per heavy atom. The van der Waals surface area contributed by atoms with Gasteiger partial charge in [0.05, 0.1) is 4.90 Å². The molecule has 0 radical (unpaired) electrons. The van der Waals surface area contributed by atoms with Gasteiger partial charge in [0.25, 0.3) is 0 Å². The van der Waals surface area contributed by atoms with Crippen LogP contribution < -0.4 is 21.1 Å². The molecule has 0 bridgehead atoms. The number of Topliss-reactive ketones (excluding diaryl/α,β-unsaturated/α-hetero) is 1. The van der Waals surface area contributed by atoms with Crippen molar-refractivity contribution in [2.75, 3.05) is 25.1 Å². The molecule has 5 N–H and O–H groups in total. The fourth-order valence-corrected chi connectivity index (χ4v) is 8.84. The molecule has 270 valence electrons. The lowest BCUT2D eigenvalue weighted by Gasteiger charge is -2.28. The van der Waals surface area contributed by atoms with Crippen LogP contribution in [0.3, 0.4) is 0 Å². The summed E-state index contributed by atoms with van der Waals surface area (Å²) >= 11 is 0. The number of carbonyl (C=O) groups is 2. The van der Waals surface area contributed by atoms with Crippen LogP contribution in [0.4, 0.5) is 5.69 Å². The number of nitrogens with two attached hydrogens (primary N) is 1. The summed E-state index contributed by atoms with van der Waals surface area (Å²) in [5.41, 5.74) is 11.0. The maximum atomic E-state index is 13.8. The fraction of sp³-hybridized carbons (Fsp3) is 0.462. The van der Waals surface area contributed by atoms with Crippen LogP contribution in [0.25, 0.3) is 11.1 Å². The van der Waals surface area contributed by atoms with E-state index in [1.54, 1.807) is 12.1 Å². The molecule has 2 heterocycles. The third kappa shape index (κ3) is 9.42. The van der Waals surface area contributed by atoms with Crippen molar-refractivity contribution < 1.29 is 18.0 Å². The predicted molar refractivity (Wildman–Crippen MR) is 200 cm³/mol. The van der Waals surface area contributed by atoms with E-state index in [2.05, 4.69) is 37.5 Å². The highest BCUT2D eigenvalue weighted by Crippen LogP contribution is 2.32. The number of aryl methyl sites for hydroxylation is 1. The van der Waals surface area contributed by atoms with E-state index in [0.717, 1.165) is 72.9 Å². The van der Waals surface area contributed by atoms with Gasteiger partial charge in [0.15, 0.2) is 12.5 Å². The Morgan fingerprint density at radius 2 is 1.69 bits per heavy atom. The van der Waals surface area contributed by atoms with E-state index in [0.29, 0.717) is 37.1 Å². The number of anilines is 1. The van der Waals surface area contributed by atoms with Gasteiger partial charge in [-0.2, -0.15) is 5.11 Å². The van der Waals surface area contributed by atoms with Gasteiger partial charge in [0.1, 0.15) is 5.78 Å². The summed E-state index contributed by atoms with van der Waals surface area (Å²) in [6.45, 7) is 5.74. The molecule has 3 aliphatic rings. The van der Waals surface area contributed by atoms with E-state index in [1.807, 2.05) is 61.5 Å². The van der Waals surface area contributed by atoms with Crippen LogP contribution in [-0.4, -0.2) is 57.8 Å². The minimum absolute atomic E-state index is 0.0423. The Morgan fingerprint density at radius 3 is 2.33 bits per heavy atom. The number of hydrogen-bond donors (Lipinski definition) is 4. The van der Waals surface area contributed by atoms with Crippen LogP contribution in [0, 0.1) is 24.7 Å². The smallest absolute Gasteiger partial charge is 0.240 e. The lowest BCUT2D eigenvalue weighted by atomic mass is 9.77. The average molecular weight is 712 g/mol. The first-order chi connectivity index (χ1) is 24.6. The van der Waals surface area contributed by atoms with E-state index in [9.17, 15) is 18.0 Å². The van der Waals surface area contributed by atoms with Crippen LogP contribution in [0.2, 0.25) is 0 Å². The monoisotopic (exact) mass is 711 g/mol. The molecule has 6 rings (SSSR count). The zero-order valence-corrected chi connectivity index (χ0v) is 30.3. The number of rotatable bonds is 13. The van der Waals surface area contributed by atoms with Crippen molar-refractivity contribution >= 4 is 33.2 Å². The lowest BCUT2D eigenvalue weighted by molar-refractivity contribution is -0.129. The highest BCUT2D eigenvalue weighted by atomic mass is 32.2. The Bertz CT molecular complexity index is 1870. The first kappa shape index (κ1) is 36.7. The number of hydrogen-bond acceptors (Lipinski definition) is 9. The van der Waals surface area contributed by atoms with Gasteiger partial charge in [0, 0.05) is 41.6 Å². The van der Waals surface area contributed by atoms with Crippen molar-refractivity contribution in [2.45, 2.75) is 82.2 Å². The van der Waals surface area contributed by atoms with Crippen LogP contribution in [0.15, 0.2) is 86.8 Å². The summed E-state index contributed by atoms with van der Waals surface area (Å²) in [7, 11) is -3.65. The van der Waals surface area contributed by atoms with Crippen molar-refractivity contribution in [3.05, 3.63) is 83.4 Å². The number of benzene rings is 3. The van der Waals surface area contributed by atoms with Crippen LogP contribution in [0.5, 0.6) is 0 Å². The van der Waals surface area contributed by atoms with Gasteiger partial charge in [-0.05, 0) is 136 Å². The highest BCUT2D eigenvalue weighted by molar-refractivity contribution is 7.89. The lowest BCUT2D eigenvalue weighted by Crippen LogP contribution is -2.46. The van der Waals surface area contributed by atoms with Crippen molar-refractivity contribution in [1.29, 1.82) is 0 Å². The second-order valence-corrected chi connectivity index (χ2v) is 16.0. The number of sulfonamides is 1. The molecule has 2 aliphatic heterocycles. The maximum absolute atomic E-state index is 13.8. The number of nitrogens with zero attached hydrogens (tertiary/aromatic N) is 3. The predicted octanol–water partition coefficient (Wildman–Crippen LogP) is 5.77. The SMILES string of the molecule is Cc1cc(S(=O)(=O)NC2CCNC(C)C2)ccc1-c1ccc(C[C@H](CC(=O)C2CCC(CN)CC2)C(=O)Nc2ccc(C3=NCN=N3)cc2)cc1. The molecule has 1 amide bonds. The fourth-order valence-electron chi connectivity index (χ4n) is 7.47. The average Bonchev–Trinajstić information content (AvgIpc) is 3.67. The molecule has 2 unspecified atom stereocenters. The number of azo groups is 1. The van der Waals surface area contributed by atoms with Gasteiger partial charge in [-0.15, -0.1) is 5.11 Å². The number of carbonyl (C=O) groups excluding carboxylic acids is 2. The zero-order valence-electron chi connectivity index (χ0n) is 29.5. The van der Waals surface area contributed by atoms with Crippen molar-refractivity contribution in [1.82, 2.24) is 10.0 Å². The number of piperidine rings is 1. The molecule has 3 atom stereocenters. The first-order valence-corrected chi connectivity index (χ1v) is 19.6. The molecular weight excluding hydrogens is 663 g/mol. The Kier molecular flexibility index (Phi) is 11.9. The zero-order chi connectivity index (χ0) is 36.0. The van der Waals surface area contributed by atoms with Gasteiger partial charge in [-0.1, -0.05) is 30.3 Å². The molecule has 51 heavy (non-hydrogen) atoms. The Balaban J connectivity index is 1.15. The molecule has 11 nitrogen and oxygen atoms in total. The van der Waals surface area contributed by atoms with Crippen LogP contribution in [-0.2, 0) is 26.0 Å². The van der Waals surface area contributed by atoms with Gasteiger partial charge < -0.3 is 16.4 Å². The minimum Gasteiger partial charge on any atom is -0.330 e. The van der Waals surface area contributed by atoms with E-state index in [1.165, 1.54) is 0 Å². The number of amidine groups is 1. The number of amides is 1. The molecular formula is C39H49N7O4S. The molecule has 3 aromatic rings. The quantitative estimate of drug-likeness (QED) is 0.176. The topological polar surface area (TPSA) is 167 Å². The third-order valence-electron chi connectivity index (χ3n) is 10.5. The van der Waals surface area contributed by atoms with Gasteiger partial charge in [-0.3, -0.25) is 9.59 Å². The van der Waals surface area contributed by atoms with Crippen LogP contribution >= 0.6 is 0 Å². The summed E-state index contributed by atoms with van der Waals surface area (Å²) in [6.07, 6.45) is 5.62. The summed E-state index contributed by atoms with van der Waals surface area (Å²) in [4.78, 5) is 31.8. The van der Waals surface area contributed by atoms with Gasteiger partial charge in [0.2, 0.25) is 15.9 Å². The molecule has 3 aromatic carbocycles. The first-order valence-electron chi connectivity index (χ1n) is 18.1. The highest BCUT2D eigenvalue weighted by Gasteiger charge is 2.30. The summed E-state index contributed by atoms with van der Waals surface area (Å²) in [5, 5.41) is 14.3. The Hall–Kier alpha value is -4.10. The van der Waals surface area contributed by atoms with Gasteiger partial charge >= 0.3 is 0 Å². The van der Waals surface area contributed by atoms with E-state index < -0.39 is 15.9 Å². The molecule has 0 spiro atoms. The molecule has 1 saturated carbocycles. The third-order valence-corrected chi connectivity index (χ3v) is 12.0. The molecule has 1 aliphatic carbocycles. The molecule has 2 fully saturated rings. The van der Waals surface area contributed by atoms with E-state index in [4.69, 9.17) is 5.73 Å². The molecule has 1 saturated heterocycles. The maximum Gasteiger partial charge on any atom is 0.240 e. The standard InChI is InChI=1S/C39H49N7O4S/c1-25-19-35(51(49,50)46-34-17-18-41-26(2)20-34)15-16-36(25)29-7-3-27(4-8-29)21-32(22-37(47)30-9-5-28(23-40)6-10-30)39(48)44-33-13-11-31(12-14-33)38-42-24-43-45-38/h3-4,7-8,11-16,19,26,28,30,32,34,41,46H,5-6,9-10,17-18,20-24,40H2,1-2H3,(H,44,48)/t26?,28?,30?,32-,34?/m1/s1. The second-order valence-electron chi connectivity index (χ2n) is 14.3. The van der Waals surface area contributed by atoms with E-state index in [-0.39, 0.29) is 41.0 Å². The summed E-state index contributed by atoms with van der Waals surface area (Å²) in [6, 6.07) is 20.7. The summed E-state index contributed by atoms with van der Waals surface area (Å²) in [5.74, 6) is 0.380. The van der Waals surface area contributed by atoms with Crippen molar-refractivity contribution in [3.8, 4) is 11.1 Å². The number of nitrogens with one attached hydrogen (secondary N) is 3. The number of aliphatic imine (C=N–C) groups is 1. The summed E-state index contributed by atoms with van der Waals surface area (Å²) < 4.78 is 29.3. The van der Waals surface area contributed by atoms with Crippen molar-refractivity contribution in [2.24, 2.45) is 38.7 Å². The largest absolute Gasteiger partial charge is 0.330 e. The van der Waals surface area contributed by atoms with Crippen molar-refractivity contribution in [3.63, 3.8) is 0 Å². The minimum atomic E-state index is -3.65. The number of ketones is 1. The van der Waals surface area contributed by atoms with E-state index >= 15 is 0 Å². The van der Waals surface area contributed by atoms with Crippen LogP contribution in [0.1, 0.15) is 68.6 Å². The second kappa shape index (κ2) is 16.5. The molecule has 12 heteroatoms. The van der Waals surface area contributed by atoms with Gasteiger partial charge in [-0.25, -0.2) is 18.1 Å².